The molecule has 0 saturated carbocycles. The van der Waals surface area contributed by atoms with Gasteiger partial charge in [0.2, 0.25) is 0 Å². The van der Waals surface area contributed by atoms with E-state index < -0.39 is 0 Å². The van der Waals surface area contributed by atoms with Crippen LogP contribution in [0.25, 0.3) is 106 Å². The van der Waals surface area contributed by atoms with E-state index in [-0.39, 0.29) is 0 Å². The van der Waals surface area contributed by atoms with Gasteiger partial charge in [-0.15, -0.1) is 0 Å². The molecule has 0 N–H and O–H groups in total. The van der Waals surface area contributed by atoms with Gasteiger partial charge in [0, 0.05) is 43.9 Å². The molecule has 56 heavy (non-hydrogen) atoms. The molecule has 0 unspecified atom stereocenters. The van der Waals surface area contributed by atoms with Gasteiger partial charge in [0.15, 0.2) is 17.5 Å². The number of furan rings is 1. The van der Waals surface area contributed by atoms with E-state index in [4.69, 9.17) is 19.4 Å². The van der Waals surface area contributed by atoms with Gasteiger partial charge in [-0.05, 0) is 76.9 Å². The zero-order valence-corrected chi connectivity index (χ0v) is 30.2. The van der Waals surface area contributed by atoms with Crippen LogP contribution in [0.5, 0.6) is 0 Å². The van der Waals surface area contributed by atoms with Crippen LogP contribution in [0.3, 0.4) is 0 Å². The molecular weight excluding hydrogens is 685 g/mol. The Hall–Kier alpha value is -7.63. The lowest BCUT2D eigenvalue weighted by Gasteiger charge is -2.11. The van der Waals surface area contributed by atoms with Crippen molar-refractivity contribution in [3.05, 3.63) is 194 Å². The lowest BCUT2D eigenvalue weighted by atomic mass is 10.0. The van der Waals surface area contributed by atoms with Crippen LogP contribution in [-0.4, -0.2) is 19.5 Å². The van der Waals surface area contributed by atoms with Gasteiger partial charge < -0.3 is 8.98 Å². The topological polar surface area (TPSA) is 56.7 Å². The molecule has 0 aliphatic heterocycles. The number of fused-ring (bicyclic) bond motifs is 6. The van der Waals surface area contributed by atoms with E-state index in [2.05, 4.69) is 126 Å². The van der Waals surface area contributed by atoms with E-state index in [1.165, 1.54) is 27.4 Å². The zero-order chi connectivity index (χ0) is 37.0. The summed E-state index contributed by atoms with van der Waals surface area (Å²) in [5, 5.41) is 4.49. The first-order chi connectivity index (χ1) is 27.7. The summed E-state index contributed by atoms with van der Waals surface area (Å²) in [4.78, 5) is 14.8. The molecule has 0 spiro atoms. The number of hydrogen-bond donors (Lipinski definition) is 0. The van der Waals surface area contributed by atoms with Gasteiger partial charge in [-0.1, -0.05) is 140 Å². The molecule has 0 atom stereocenters. The van der Waals surface area contributed by atoms with Crippen molar-refractivity contribution in [1.29, 1.82) is 0 Å². The average molecular weight is 717 g/mol. The summed E-state index contributed by atoms with van der Waals surface area (Å²) in [7, 11) is 0. The maximum atomic E-state index is 6.40. The molecule has 0 fully saturated rings. The van der Waals surface area contributed by atoms with Crippen molar-refractivity contribution < 1.29 is 4.42 Å². The third-order valence-corrected chi connectivity index (χ3v) is 10.6. The van der Waals surface area contributed by atoms with Crippen LogP contribution in [0, 0.1) is 0 Å². The fourth-order valence-corrected chi connectivity index (χ4v) is 7.92. The largest absolute Gasteiger partial charge is 0.456 e. The molecule has 0 amide bonds. The molecule has 8 aromatic carbocycles. The molecule has 0 saturated heterocycles. The predicted octanol–water partition coefficient (Wildman–Crippen LogP) is 13.2. The van der Waals surface area contributed by atoms with Crippen molar-refractivity contribution in [3.63, 3.8) is 0 Å². The molecule has 3 aromatic heterocycles. The minimum Gasteiger partial charge on any atom is -0.456 e. The fraction of sp³-hybridized carbons (Fsp3) is 0. The monoisotopic (exact) mass is 716 g/mol. The minimum atomic E-state index is 0.611. The van der Waals surface area contributed by atoms with Crippen LogP contribution < -0.4 is 0 Å². The Bertz CT molecular complexity index is 3180. The zero-order valence-electron chi connectivity index (χ0n) is 30.2. The molecule has 5 nitrogen and oxygen atoms in total. The molecule has 0 radical (unpaired) electrons. The number of hydrogen-bond acceptors (Lipinski definition) is 4. The van der Waals surface area contributed by atoms with E-state index in [0.29, 0.717) is 17.5 Å². The first-order valence-corrected chi connectivity index (χ1v) is 18.8. The molecular formula is C51H32N4O. The Balaban J connectivity index is 1.05. The smallest absolute Gasteiger partial charge is 0.164 e. The Kier molecular flexibility index (Phi) is 7.42. The third kappa shape index (κ3) is 5.45. The second-order valence-corrected chi connectivity index (χ2v) is 14.1. The molecule has 262 valence electrons. The second-order valence-electron chi connectivity index (χ2n) is 14.1. The number of rotatable bonds is 6. The summed E-state index contributed by atoms with van der Waals surface area (Å²) in [6.07, 6.45) is 0. The Morgan fingerprint density at radius 1 is 0.304 bits per heavy atom. The Morgan fingerprint density at radius 3 is 1.46 bits per heavy atom. The van der Waals surface area contributed by atoms with Crippen molar-refractivity contribution in [2.45, 2.75) is 0 Å². The van der Waals surface area contributed by atoms with E-state index in [9.17, 15) is 0 Å². The Labute approximate surface area is 322 Å². The van der Waals surface area contributed by atoms with Crippen molar-refractivity contribution in [2.24, 2.45) is 0 Å². The standard InChI is InChI=1S/C51H32N4O/c1-4-13-33(14-5-1)36-19-12-20-40(29-36)55-45-22-11-10-21-41(45)42-26-23-38(32-46(42)55)37-24-27-47-43(30-37)44-31-39(25-28-48(44)56-47)51-53-49(34-15-6-2-7-16-34)52-50(54-51)35-17-8-3-9-18-35/h1-32H. The van der Waals surface area contributed by atoms with E-state index in [1.807, 2.05) is 72.8 Å². The first-order valence-electron chi connectivity index (χ1n) is 18.8. The van der Waals surface area contributed by atoms with Gasteiger partial charge >= 0.3 is 0 Å². The maximum absolute atomic E-state index is 6.40. The number of aromatic nitrogens is 4. The molecule has 3 heterocycles. The molecule has 11 aromatic rings. The van der Waals surface area contributed by atoms with Gasteiger partial charge in [0.1, 0.15) is 11.2 Å². The highest BCUT2D eigenvalue weighted by Gasteiger charge is 2.17. The van der Waals surface area contributed by atoms with Gasteiger partial charge in [-0.25, -0.2) is 15.0 Å². The second kappa shape index (κ2) is 13.0. The van der Waals surface area contributed by atoms with Crippen LogP contribution in [0.1, 0.15) is 0 Å². The highest BCUT2D eigenvalue weighted by atomic mass is 16.3. The van der Waals surface area contributed by atoms with Crippen LogP contribution in [-0.2, 0) is 0 Å². The molecule has 0 bridgehead atoms. The SMILES string of the molecule is c1ccc(-c2cccc(-n3c4ccccc4c4ccc(-c5ccc6oc7ccc(-c8nc(-c9ccccc9)nc(-c9ccccc9)n8)cc7c6c5)cc43)c2)cc1. The molecule has 5 heteroatoms. The Morgan fingerprint density at radius 2 is 0.786 bits per heavy atom. The van der Waals surface area contributed by atoms with Crippen molar-refractivity contribution >= 4 is 43.7 Å². The van der Waals surface area contributed by atoms with Gasteiger partial charge in [0.25, 0.3) is 0 Å². The molecule has 0 aliphatic carbocycles. The number of nitrogens with zero attached hydrogens (tertiary/aromatic N) is 4. The van der Waals surface area contributed by atoms with Crippen molar-refractivity contribution in [3.8, 4) is 62.1 Å². The maximum Gasteiger partial charge on any atom is 0.164 e. The fourth-order valence-electron chi connectivity index (χ4n) is 7.92. The number of para-hydroxylation sites is 1. The first kappa shape index (κ1) is 31.9. The molecule has 11 rings (SSSR count). The highest BCUT2D eigenvalue weighted by molar-refractivity contribution is 6.11. The van der Waals surface area contributed by atoms with Crippen molar-refractivity contribution in [2.75, 3.05) is 0 Å². The summed E-state index contributed by atoms with van der Waals surface area (Å²) < 4.78 is 8.79. The van der Waals surface area contributed by atoms with Crippen molar-refractivity contribution in [1.82, 2.24) is 19.5 Å². The van der Waals surface area contributed by atoms with Crippen LogP contribution in [0.4, 0.5) is 0 Å². The van der Waals surface area contributed by atoms with E-state index >= 15 is 0 Å². The van der Waals surface area contributed by atoms with E-state index in [0.717, 1.165) is 61.0 Å². The lowest BCUT2D eigenvalue weighted by molar-refractivity contribution is 0.669. The van der Waals surface area contributed by atoms with E-state index in [1.54, 1.807) is 0 Å². The average Bonchev–Trinajstić information content (AvgIpc) is 3.82. The van der Waals surface area contributed by atoms with Crippen LogP contribution >= 0.6 is 0 Å². The minimum absolute atomic E-state index is 0.611. The quantitative estimate of drug-likeness (QED) is 0.172. The third-order valence-electron chi connectivity index (χ3n) is 10.6. The summed E-state index contributed by atoms with van der Waals surface area (Å²) in [6, 6.07) is 67.6. The normalized spacial score (nSPS) is 11.6. The highest BCUT2D eigenvalue weighted by Crippen LogP contribution is 2.39. The van der Waals surface area contributed by atoms with Gasteiger partial charge in [-0.2, -0.15) is 0 Å². The molecule has 0 aliphatic rings. The van der Waals surface area contributed by atoms with Crippen LogP contribution in [0.15, 0.2) is 199 Å². The van der Waals surface area contributed by atoms with Crippen LogP contribution in [0.2, 0.25) is 0 Å². The van der Waals surface area contributed by atoms with Gasteiger partial charge in [0.05, 0.1) is 11.0 Å². The summed E-state index contributed by atoms with van der Waals surface area (Å²) >= 11 is 0. The summed E-state index contributed by atoms with van der Waals surface area (Å²) in [6.45, 7) is 0. The van der Waals surface area contributed by atoms with Gasteiger partial charge in [-0.3, -0.25) is 0 Å². The predicted molar refractivity (Wildman–Crippen MR) is 229 cm³/mol. The summed E-state index contributed by atoms with van der Waals surface area (Å²) in [5.41, 5.74) is 12.5. The lowest BCUT2D eigenvalue weighted by Crippen LogP contribution is -2.00. The number of benzene rings is 8. The summed E-state index contributed by atoms with van der Waals surface area (Å²) in [5.74, 6) is 1.88.